The monoisotopic (exact) mass is 322 g/mol. The van der Waals surface area contributed by atoms with Gasteiger partial charge in [-0.1, -0.05) is 31.4 Å². The van der Waals surface area contributed by atoms with E-state index in [1.807, 2.05) is 0 Å². The van der Waals surface area contributed by atoms with Gasteiger partial charge in [0.2, 0.25) is 0 Å². The van der Waals surface area contributed by atoms with Crippen molar-refractivity contribution in [2.45, 2.75) is 6.92 Å². The molecule has 0 spiro atoms. The molecule has 122 valence electrons. The smallest absolute Gasteiger partial charge is 0.343 e. The summed E-state index contributed by atoms with van der Waals surface area (Å²) < 4.78 is 10.7. The van der Waals surface area contributed by atoms with Crippen LogP contribution in [0.3, 0.4) is 0 Å². The summed E-state index contributed by atoms with van der Waals surface area (Å²) in [6.07, 6.45) is 1.64. The molecule has 0 saturated heterocycles. The van der Waals surface area contributed by atoms with Crippen molar-refractivity contribution >= 4 is 11.8 Å². The van der Waals surface area contributed by atoms with E-state index < -0.39 is 5.97 Å². The number of esters is 1. The van der Waals surface area contributed by atoms with Gasteiger partial charge in [-0.15, -0.1) is 0 Å². The van der Waals surface area contributed by atoms with E-state index in [-0.39, 0.29) is 11.5 Å². The second-order valence-electron chi connectivity index (χ2n) is 5.12. The Morgan fingerprint density at radius 3 is 2.38 bits per heavy atom. The molecule has 0 aliphatic carbocycles. The van der Waals surface area contributed by atoms with Crippen molar-refractivity contribution in [3.8, 4) is 11.5 Å². The molecule has 0 saturated carbocycles. The molecule has 0 amide bonds. The van der Waals surface area contributed by atoms with Crippen molar-refractivity contribution in [1.82, 2.24) is 0 Å². The predicted molar refractivity (Wildman–Crippen MR) is 92.7 cm³/mol. The first kappa shape index (κ1) is 17.2. The molecule has 2 aromatic carbocycles. The van der Waals surface area contributed by atoms with Gasteiger partial charge in [-0.2, -0.15) is 0 Å². The van der Waals surface area contributed by atoms with Gasteiger partial charge in [-0.3, -0.25) is 4.79 Å². The molecule has 2 rings (SSSR count). The minimum atomic E-state index is -0.549. The average molecular weight is 322 g/mol. The van der Waals surface area contributed by atoms with E-state index in [1.165, 1.54) is 0 Å². The molecule has 24 heavy (non-hydrogen) atoms. The van der Waals surface area contributed by atoms with Gasteiger partial charge >= 0.3 is 5.97 Å². The zero-order valence-electron chi connectivity index (χ0n) is 13.5. The molecule has 0 unspecified atom stereocenters. The fourth-order valence-corrected chi connectivity index (χ4v) is 1.97. The number of ketones is 1. The van der Waals surface area contributed by atoms with Crippen LogP contribution in [-0.2, 0) is 0 Å². The van der Waals surface area contributed by atoms with Gasteiger partial charge < -0.3 is 9.47 Å². The van der Waals surface area contributed by atoms with E-state index in [1.54, 1.807) is 61.5 Å². The number of hydrogen-bond acceptors (Lipinski definition) is 4. The fourth-order valence-electron chi connectivity index (χ4n) is 1.97. The first-order valence-corrected chi connectivity index (χ1v) is 7.38. The Morgan fingerprint density at radius 2 is 1.75 bits per heavy atom. The summed E-state index contributed by atoms with van der Waals surface area (Å²) in [5, 5.41) is 0. The zero-order chi connectivity index (χ0) is 17.5. The Kier molecular flexibility index (Phi) is 5.68. The fraction of sp³-hybridized carbons (Fsp3) is 0.100. The Balaban J connectivity index is 2.16. The first-order valence-electron chi connectivity index (χ1n) is 7.38. The van der Waals surface area contributed by atoms with Crippen LogP contribution in [0.4, 0.5) is 0 Å². The van der Waals surface area contributed by atoms with Gasteiger partial charge in [0, 0.05) is 0 Å². The van der Waals surface area contributed by atoms with Crippen LogP contribution >= 0.6 is 0 Å². The Hall–Kier alpha value is -3.14. The molecule has 0 fully saturated rings. The lowest BCUT2D eigenvalue weighted by molar-refractivity contribution is 0.0733. The van der Waals surface area contributed by atoms with Gasteiger partial charge in [0.15, 0.2) is 5.78 Å². The average Bonchev–Trinajstić information content (AvgIpc) is 2.60. The lowest BCUT2D eigenvalue weighted by Gasteiger charge is -2.10. The van der Waals surface area contributed by atoms with Crippen LogP contribution in [0.1, 0.15) is 27.6 Å². The number of para-hydroxylation sites is 1. The van der Waals surface area contributed by atoms with Crippen molar-refractivity contribution in [1.29, 1.82) is 0 Å². The van der Waals surface area contributed by atoms with Crippen molar-refractivity contribution in [3.05, 3.63) is 84.5 Å². The number of benzene rings is 2. The molecule has 0 radical (unpaired) electrons. The molecular weight excluding hydrogens is 304 g/mol. The summed E-state index contributed by atoms with van der Waals surface area (Å²) in [7, 11) is 0. The third-order valence-electron chi connectivity index (χ3n) is 3.18. The van der Waals surface area contributed by atoms with Gasteiger partial charge in [0.1, 0.15) is 18.1 Å². The third kappa shape index (κ3) is 4.20. The van der Waals surface area contributed by atoms with E-state index >= 15 is 0 Å². The van der Waals surface area contributed by atoms with Gasteiger partial charge in [-0.25, -0.2) is 4.79 Å². The minimum absolute atomic E-state index is 0.211. The predicted octanol–water partition coefficient (Wildman–Crippen LogP) is 4.23. The van der Waals surface area contributed by atoms with Gasteiger partial charge in [0.05, 0.1) is 11.1 Å². The highest BCUT2D eigenvalue weighted by atomic mass is 16.5. The van der Waals surface area contributed by atoms with Crippen LogP contribution < -0.4 is 9.47 Å². The quantitative estimate of drug-likeness (QED) is 0.252. The van der Waals surface area contributed by atoms with Crippen LogP contribution in [-0.4, -0.2) is 18.4 Å². The molecule has 0 bridgehead atoms. The van der Waals surface area contributed by atoms with Crippen LogP contribution in [0.2, 0.25) is 0 Å². The SMILES string of the molecule is C=CCOc1ccc(C(=O)Oc2ccccc2C(=O)C(=C)C)cc1. The summed E-state index contributed by atoms with van der Waals surface area (Å²) in [6.45, 7) is 9.21. The van der Waals surface area contributed by atoms with Crippen molar-refractivity contribution in [3.63, 3.8) is 0 Å². The minimum Gasteiger partial charge on any atom is -0.490 e. The maximum absolute atomic E-state index is 12.3. The van der Waals surface area contributed by atoms with E-state index in [9.17, 15) is 9.59 Å². The number of Topliss-reactive ketones (excluding diaryl/α,β-unsaturated/α-hetero) is 1. The summed E-state index contributed by atoms with van der Waals surface area (Å²) >= 11 is 0. The molecule has 0 aliphatic rings. The second kappa shape index (κ2) is 7.92. The molecule has 0 N–H and O–H groups in total. The van der Waals surface area contributed by atoms with Gasteiger partial charge in [0.25, 0.3) is 0 Å². The number of rotatable bonds is 7. The highest BCUT2D eigenvalue weighted by Gasteiger charge is 2.16. The molecule has 0 aliphatic heterocycles. The standard InChI is InChI=1S/C20H18O4/c1-4-13-23-16-11-9-15(10-12-16)20(22)24-18-8-6-5-7-17(18)19(21)14(2)3/h4-12H,1-2,13H2,3H3. The third-order valence-corrected chi connectivity index (χ3v) is 3.18. The van der Waals surface area contributed by atoms with Crippen LogP contribution in [0, 0.1) is 0 Å². The van der Waals surface area contributed by atoms with Crippen molar-refractivity contribution in [2.24, 2.45) is 0 Å². The lowest BCUT2D eigenvalue weighted by atomic mass is 10.1. The van der Waals surface area contributed by atoms with Gasteiger partial charge in [-0.05, 0) is 48.9 Å². The Bertz CT molecular complexity index is 772. The number of allylic oxidation sites excluding steroid dienone is 1. The number of carbonyl (C=O) groups excluding carboxylic acids is 2. The molecule has 4 nitrogen and oxygen atoms in total. The molecule has 2 aromatic rings. The highest BCUT2D eigenvalue weighted by molar-refractivity contribution is 6.10. The molecule has 0 aromatic heterocycles. The number of carbonyl (C=O) groups is 2. The summed E-state index contributed by atoms with van der Waals surface area (Å²) in [5.74, 6) is 0.0330. The normalized spacial score (nSPS) is 9.88. The molecule has 0 heterocycles. The van der Waals surface area contributed by atoms with Crippen LogP contribution in [0.5, 0.6) is 11.5 Å². The lowest BCUT2D eigenvalue weighted by Crippen LogP contribution is -2.12. The Morgan fingerprint density at radius 1 is 1.08 bits per heavy atom. The Labute approximate surface area is 141 Å². The zero-order valence-corrected chi connectivity index (χ0v) is 13.5. The topological polar surface area (TPSA) is 52.6 Å². The van der Waals surface area contributed by atoms with Crippen molar-refractivity contribution < 1.29 is 19.1 Å². The maximum Gasteiger partial charge on any atom is 0.343 e. The second-order valence-corrected chi connectivity index (χ2v) is 5.12. The molecule has 0 atom stereocenters. The van der Waals surface area contributed by atoms with E-state index in [2.05, 4.69) is 13.2 Å². The maximum atomic E-state index is 12.3. The highest BCUT2D eigenvalue weighted by Crippen LogP contribution is 2.22. The van der Waals surface area contributed by atoms with Crippen LogP contribution in [0.15, 0.2) is 73.3 Å². The van der Waals surface area contributed by atoms with E-state index in [0.29, 0.717) is 29.1 Å². The van der Waals surface area contributed by atoms with Crippen molar-refractivity contribution in [2.75, 3.05) is 6.61 Å². The van der Waals surface area contributed by atoms with E-state index in [4.69, 9.17) is 9.47 Å². The first-order chi connectivity index (χ1) is 11.5. The summed E-state index contributed by atoms with van der Waals surface area (Å²) in [5.41, 5.74) is 1.05. The summed E-state index contributed by atoms with van der Waals surface area (Å²) in [6, 6.07) is 13.1. The number of ether oxygens (including phenoxy) is 2. The largest absolute Gasteiger partial charge is 0.490 e. The molecule has 4 heteroatoms. The molecular formula is C20H18O4. The van der Waals surface area contributed by atoms with E-state index in [0.717, 1.165) is 0 Å². The summed E-state index contributed by atoms with van der Waals surface area (Å²) in [4.78, 5) is 24.4. The number of hydrogen-bond donors (Lipinski definition) is 0. The van der Waals surface area contributed by atoms with Crippen LogP contribution in [0.25, 0.3) is 0 Å².